The normalized spacial score (nSPS) is 10.6. The van der Waals surface area contributed by atoms with E-state index in [-0.39, 0.29) is 5.56 Å². The number of carboxylic acid groups (broad SMARTS) is 1. The molecule has 0 aliphatic heterocycles. The van der Waals surface area contributed by atoms with Crippen LogP contribution in [0.2, 0.25) is 0 Å². The summed E-state index contributed by atoms with van der Waals surface area (Å²) in [6, 6.07) is 6.56. The minimum absolute atomic E-state index is 0.336. The third kappa shape index (κ3) is 3.05. The van der Waals surface area contributed by atoms with E-state index >= 15 is 0 Å². The first-order valence-corrected chi connectivity index (χ1v) is 7.19. The Kier molecular flexibility index (Phi) is 5.04. The van der Waals surface area contributed by atoms with Crippen molar-refractivity contribution >= 4 is 16.9 Å². The van der Waals surface area contributed by atoms with Crippen molar-refractivity contribution in [3.8, 4) is 5.75 Å². The Morgan fingerprint density at radius 1 is 1.32 bits per heavy atom. The van der Waals surface area contributed by atoms with Crippen LogP contribution in [0.25, 0.3) is 10.9 Å². The zero-order chi connectivity index (χ0) is 16.1. The quantitative estimate of drug-likeness (QED) is 0.794. The number of ether oxygens (including phenoxy) is 1. The number of nitrogens with zero attached hydrogens (tertiary/aromatic N) is 1. The third-order valence-corrected chi connectivity index (χ3v) is 3.37. The maximum Gasteiger partial charge on any atom is 0.341 e. The fourth-order valence-electron chi connectivity index (χ4n) is 2.28. The molecule has 1 aromatic carbocycles. The number of benzene rings is 1. The highest BCUT2D eigenvalue weighted by Gasteiger charge is 2.17. The Morgan fingerprint density at radius 3 is 2.73 bits per heavy atom. The predicted molar refractivity (Wildman–Crippen MR) is 82.7 cm³/mol. The maximum absolute atomic E-state index is 12.2. The van der Waals surface area contributed by atoms with Gasteiger partial charge in [-0.2, -0.15) is 0 Å². The van der Waals surface area contributed by atoms with Crippen LogP contribution >= 0.6 is 0 Å². The molecule has 0 fully saturated rings. The second-order valence-corrected chi connectivity index (χ2v) is 4.89. The van der Waals surface area contributed by atoms with Crippen molar-refractivity contribution in [3.63, 3.8) is 0 Å². The van der Waals surface area contributed by atoms with E-state index < -0.39 is 11.5 Å². The lowest BCUT2D eigenvalue weighted by Gasteiger charge is -2.14. The van der Waals surface area contributed by atoms with E-state index in [0.29, 0.717) is 23.3 Å². The lowest BCUT2D eigenvalue weighted by atomic mass is 10.1. The number of aromatic nitrogens is 1. The molecule has 0 radical (unpaired) electrons. The number of carbonyl (C=O) groups is 1. The predicted octanol–water partition coefficient (Wildman–Crippen LogP) is 2.33. The van der Waals surface area contributed by atoms with Crippen molar-refractivity contribution in [2.75, 3.05) is 13.7 Å². The first kappa shape index (κ1) is 15.9. The number of rotatable bonds is 7. The fourth-order valence-corrected chi connectivity index (χ4v) is 2.28. The number of pyridine rings is 1. The molecule has 0 amide bonds. The van der Waals surface area contributed by atoms with Gasteiger partial charge in [-0.3, -0.25) is 4.79 Å². The molecule has 1 heterocycles. The number of hydrogen-bond acceptors (Lipinski definition) is 4. The van der Waals surface area contributed by atoms with Gasteiger partial charge in [-0.15, -0.1) is 4.73 Å². The first-order valence-electron chi connectivity index (χ1n) is 7.19. The van der Waals surface area contributed by atoms with Gasteiger partial charge in [0, 0.05) is 5.39 Å². The van der Waals surface area contributed by atoms with Gasteiger partial charge in [-0.05, 0) is 18.6 Å². The van der Waals surface area contributed by atoms with Gasteiger partial charge >= 0.3 is 5.97 Å². The van der Waals surface area contributed by atoms with Crippen molar-refractivity contribution in [1.29, 1.82) is 0 Å². The SMILES string of the molecule is CCCCCOc1cccc2cc(C(=O)O)c(=O)n(OC)c12. The molecule has 22 heavy (non-hydrogen) atoms. The summed E-state index contributed by atoms with van der Waals surface area (Å²) in [6.07, 6.45) is 3.06. The minimum atomic E-state index is -1.29. The molecule has 0 spiro atoms. The molecule has 0 unspecified atom stereocenters. The van der Waals surface area contributed by atoms with E-state index in [9.17, 15) is 9.59 Å². The molecule has 2 aromatic rings. The molecule has 0 saturated heterocycles. The molecular formula is C16H19NO5. The minimum Gasteiger partial charge on any atom is -0.491 e. The largest absolute Gasteiger partial charge is 0.491 e. The zero-order valence-corrected chi connectivity index (χ0v) is 12.7. The van der Waals surface area contributed by atoms with Crippen molar-refractivity contribution in [2.24, 2.45) is 0 Å². The molecule has 1 aromatic heterocycles. The number of para-hydroxylation sites is 1. The molecule has 6 heteroatoms. The van der Waals surface area contributed by atoms with Crippen molar-refractivity contribution in [3.05, 3.63) is 40.2 Å². The number of hydrogen-bond donors (Lipinski definition) is 1. The van der Waals surface area contributed by atoms with Gasteiger partial charge in [0.25, 0.3) is 5.56 Å². The van der Waals surface area contributed by atoms with Crippen molar-refractivity contribution < 1.29 is 19.5 Å². The molecular weight excluding hydrogens is 286 g/mol. The summed E-state index contributed by atoms with van der Waals surface area (Å²) in [5.41, 5.74) is -0.610. The lowest BCUT2D eigenvalue weighted by Crippen LogP contribution is -2.30. The van der Waals surface area contributed by atoms with Crippen LogP contribution in [0.15, 0.2) is 29.1 Å². The molecule has 0 aliphatic carbocycles. The van der Waals surface area contributed by atoms with E-state index in [2.05, 4.69) is 6.92 Å². The van der Waals surface area contributed by atoms with E-state index in [1.54, 1.807) is 18.2 Å². The molecule has 6 nitrogen and oxygen atoms in total. The zero-order valence-electron chi connectivity index (χ0n) is 12.7. The Balaban J connectivity index is 2.53. The molecule has 118 valence electrons. The fraction of sp³-hybridized carbons (Fsp3) is 0.375. The highest BCUT2D eigenvalue weighted by atomic mass is 16.7. The summed E-state index contributed by atoms with van der Waals surface area (Å²) in [5, 5.41) is 9.69. The Bertz CT molecular complexity index is 735. The summed E-state index contributed by atoms with van der Waals surface area (Å²) < 4.78 is 6.70. The molecule has 0 atom stereocenters. The standard InChI is InChI=1S/C16H19NO5/c1-3-4-5-9-22-13-8-6-7-11-10-12(16(19)20)15(18)17(21-2)14(11)13/h6-8,10H,3-5,9H2,1-2H3,(H,19,20). The number of aromatic carboxylic acids is 1. The lowest BCUT2D eigenvalue weighted by molar-refractivity contribution is 0.0689. The summed E-state index contributed by atoms with van der Waals surface area (Å²) >= 11 is 0. The van der Waals surface area contributed by atoms with Gasteiger partial charge in [0.15, 0.2) is 0 Å². The second kappa shape index (κ2) is 6.98. The van der Waals surface area contributed by atoms with Gasteiger partial charge in [-0.1, -0.05) is 31.9 Å². The van der Waals surface area contributed by atoms with Crippen LogP contribution in [0.4, 0.5) is 0 Å². The van der Waals surface area contributed by atoms with Gasteiger partial charge in [0.2, 0.25) is 0 Å². The smallest absolute Gasteiger partial charge is 0.341 e. The van der Waals surface area contributed by atoms with Crippen LogP contribution in [0.1, 0.15) is 36.5 Å². The second-order valence-electron chi connectivity index (χ2n) is 4.89. The highest BCUT2D eigenvalue weighted by molar-refractivity contribution is 5.94. The van der Waals surface area contributed by atoms with Crippen LogP contribution in [0.3, 0.4) is 0 Å². The average molecular weight is 305 g/mol. The Morgan fingerprint density at radius 2 is 2.09 bits per heavy atom. The van der Waals surface area contributed by atoms with Gasteiger partial charge < -0.3 is 14.7 Å². The molecule has 0 saturated carbocycles. The van der Waals surface area contributed by atoms with Gasteiger partial charge in [-0.25, -0.2) is 4.79 Å². The van der Waals surface area contributed by atoms with Crippen LogP contribution in [-0.4, -0.2) is 29.5 Å². The topological polar surface area (TPSA) is 77.8 Å². The van der Waals surface area contributed by atoms with Gasteiger partial charge in [0.05, 0.1) is 6.61 Å². The number of unbranched alkanes of at least 4 members (excludes halogenated alkanes) is 2. The monoisotopic (exact) mass is 305 g/mol. The van der Waals surface area contributed by atoms with Crippen LogP contribution in [-0.2, 0) is 0 Å². The Hall–Kier alpha value is -2.50. The van der Waals surface area contributed by atoms with E-state index in [0.717, 1.165) is 24.0 Å². The summed E-state index contributed by atoms with van der Waals surface area (Å²) in [5.74, 6) is -0.781. The molecule has 1 N–H and O–H groups in total. The average Bonchev–Trinajstić information content (AvgIpc) is 2.51. The molecule has 0 bridgehead atoms. The van der Waals surface area contributed by atoms with Crippen molar-refractivity contribution in [1.82, 2.24) is 4.73 Å². The summed E-state index contributed by atoms with van der Waals surface area (Å²) in [6.45, 7) is 2.64. The van der Waals surface area contributed by atoms with E-state index in [1.165, 1.54) is 13.2 Å². The first-order chi connectivity index (χ1) is 10.6. The van der Waals surface area contributed by atoms with Crippen LogP contribution in [0, 0.1) is 0 Å². The third-order valence-electron chi connectivity index (χ3n) is 3.37. The van der Waals surface area contributed by atoms with E-state index in [4.69, 9.17) is 14.7 Å². The van der Waals surface area contributed by atoms with E-state index in [1.807, 2.05) is 0 Å². The maximum atomic E-state index is 12.2. The summed E-state index contributed by atoms with van der Waals surface area (Å²) in [7, 11) is 1.32. The molecule has 2 rings (SSSR count). The number of fused-ring (bicyclic) bond motifs is 1. The van der Waals surface area contributed by atoms with Gasteiger partial charge in [0.1, 0.15) is 23.9 Å². The highest BCUT2D eigenvalue weighted by Crippen LogP contribution is 2.25. The van der Waals surface area contributed by atoms with Crippen LogP contribution in [0.5, 0.6) is 5.75 Å². The summed E-state index contributed by atoms with van der Waals surface area (Å²) in [4.78, 5) is 28.4. The van der Waals surface area contributed by atoms with Crippen LogP contribution < -0.4 is 15.1 Å². The number of carboxylic acids is 1. The molecule has 0 aliphatic rings. The van der Waals surface area contributed by atoms with Crippen molar-refractivity contribution in [2.45, 2.75) is 26.2 Å². The Labute approximate surface area is 127 Å².